The maximum Gasteiger partial charge on any atom is 0.165 e. The van der Waals surface area contributed by atoms with E-state index >= 15 is 0 Å². The van der Waals surface area contributed by atoms with E-state index in [-0.39, 0.29) is 11.8 Å². The maximum absolute atomic E-state index is 13.4. The SMILES string of the molecule is COc1cc(C(NN)c2ccc(Cl)cc2)ccc1F. The average molecular weight is 281 g/mol. The summed E-state index contributed by atoms with van der Waals surface area (Å²) in [7, 11) is 1.43. The second-order valence-electron chi connectivity index (χ2n) is 4.05. The number of hydrogen-bond donors (Lipinski definition) is 2. The Hall–Kier alpha value is -1.62. The van der Waals surface area contributed by atoms with Crippen LogP contribution in [0, 0.1) is 5.82 Å². The molecule has 0 aliphatic heterocycles. The molecule has 100 valence electrons. The fraction of sp³-hybridized carbons (Fsp3) is 0.143. The highest BCUT2D eigenvalue weighted by atomic mass is 35.5. The minimum absolute atomic E-state index is 0.187. The van der Waals surface area contributed by atoms with Gasteiger partial charge < -0.3 is 4.74 Å². The first kappa shape index (κ1) is 13.8. The van der Waals surface area contributed by atoms with Crippen molar-refractivity contribution in [2.45, 2.75) is 6.04 Å². The van der Waals surface area contributed by atoms with Gasteiger partial charge in [0.1, 0.15) is 0 Å². The van der Waals surface area contributed by atoms with Gasteiger partial charge in [-0.15, -0.1) is 0 Å². The van der Waals surface area contributed by atoms with Crippen LogP contribution in [-0.4, -0.2) is 7.11 Å². The zero-order valence-corrected chi connectivity index (χ0v) is 11.1. The highest BCUT2D eigenvalue weighted by Crippen LogP contribution is 2.27. The number of hydrazine groups is 1. The highest BCUT2D eigenvalue weighted by Gasteiger charge is 2.14. The van der Waals surface area contributed by atoms with Gasteiger partial charge in [0.25, 0.3) is 0 Å². The lowest BCUT2D eigenvalue weighted by Crippen LogP contribution is -2.28. The predicted molar refractivity (Wildman–Crippen MR) is 73.6 cm³/mol. The van der Waals surface area contributed by atoms with E-state index in [1.54, 1.807) is 24.3 Å². The third-order valence-corrected chi connectivity index (χ3v) is 3.13. The zero-order valence-electron chi connectivity index (χ0n) is 10.4. The lowest BCUT2D eigenvalue weighted by Gasteiger charge is -2.18. The van der Waals surface area contributed by atoms with Gasteiger partial charge in [0.15, 0.2) is 11.6 Å². The molecule has 0 saturated heterocycles. The maximum atomic E-state index is 13.4. The van der Waals surface area contributed by atoms with Gasteiger partial charge in [0.05, 0.1) is 13.2 Å². The molecular formula is C14H14ClFN2O. The summed E-state index contributed by atoms with van der Waals surface area (Å²) in [6, 6.07) is 11.7. The van der Waals surface area contributed by atoms with Gasteiger partial charge in [0.2, 0.25) is 0 Å². The Morgan fingerprint density at radius 3 is 2.37 bits per heavy atom. The van der Waals surface area contributed by atoms with Crippen LogP contribution >= 0.6 is 11.6 Å². The summed E-state index contributed by atoms with van der Waals surface area (Å²) in [5.74, 6) is 5.37. The number of hydrogen-bond acceptors (Lipinski definition) is 3. The third kappa shape index (κ3) is 3.04. The minimum Gasteiger partial charge on any atom is -0.494 e. The molecule has 2 aromatic carbocycles. The van der Waals surface area contributed by atoms with Crippen molar-refractivity contribution < 1.29 is 9.13 Å². The molecule has 19 heavy (non-hydrogen) atoms. The molecule has 1 atom stereocenters. The van der Waals surface area contributed by atoms with Crippen molar-refractivity contribution in [2.75, 3.05) is 7.11 Å². The van der Waals surface area contributed by atoms with Crippen molar-refractivity contribution in [3.8, 4) is 5.75 Å². The van der Waals surface area contributed by atoms with Crippen LogP contribution in [0.1, 0.15) is 17.2 Å². The third-order valence-electron chi connectivity index (χ3n) is 2.88. The Morgan fingerprint density at radius 2 is 1.79 bits per heavy atom. The van der Waals surface area contributed by atoms with Crippen LogP contribution in [0.2, 0.25) is 5.02 Å². The van der Waals surface area contributed by atoms with Crippen molar-refractivity contribution in [3.05, 3.63) is 64.4 Å². The molecule has 0 aromatic heterocycles. The number of benzene rings is 2. The van der Waals surface area contributed by atoms with E-state index in [1.165, 1.54) is 13.2 Å². The number of rotatable bonds is 4. The fourth-order valence-electron chi connectivity index (χ4n) is 1.90. The summed E-state index contributed by atoms with van der Waals surface area (Å²) in [6.45, 7) is 0. The van der Waals surface area contributed by atoms with Crippen LogP contribution in [0.15, 0.2) is 42.5 Å². The van der Waals surface area contributed by atoms with E-state index in [2.05, 4.69) is 5.43 Å². The highest BCUT2D eigenvalue weighted by molar-refractivity contribution is 6.30. The first-order chi connectivity index (χ1) is 9.15. The number of ether oxygens (including phenoxy) is 1. The second kappa shape index (κ2) is 6.02. The molecule has 3 nitrogen and oxygen atoms in total. The average Bonchev–Trinajstić information content (AvgIpc) is 2.43. The monoisotopic (exact) mass is 280 g/mol. The lowest BCUT2D eigenvalue weighted by molar-refractivity contribution is 0.385. The molecule has 0 radical (unpaired) electrons. The smallest absolute Gasteiger partial charge is 0.165 e. The molecule has 0 spiro atoms. The van der Waals surface area contributed by atoms with Crippen LogP contribution in [0.25, 0.3) is 0 Å². The standard InChI is InChI=1S/C14H14ClFN2O/c1-19-13-8-10(4-7-12(13)16)14(18-17)9-2-5-11(15)6-3-9/h2-8,14,18H,17H2,1H3. The molecule has 0 amide bonds. The summed E-state index contributed by atoms with van der Waals surface area (Å²) < 4.78 is 18.4. The molecule has 1 unspecified atom stereocenters. The van der Waals surface area contributed by atoms with Crippen molar-refractivity contribution in [2.24, 2.45) is 5.84 Å². The van der Waals surface area contributed by atoms with Gasteiger partial charge in [0, 0.05) is 5.02 Å². The zero-order chi connectivity index (χ0) is 13.8. The lowest BCUT2D eigenvalue weighted by atomic mass is 9.99. The molecule has 0 bridgehead atoms. The van der Waals surface area contributed by atoms with E-state index in [4.69, 9.17) is 22.2 Å². The Kier molecular flexibility index (Phi) is 4.37. The molecule has 0 aliphatic carbocycles. The molecule has 0 fully saturated rings. The second-order valence-corrected chi connectivity index (χ2v) is 4.48. The molecule has 5 heteroatoms. The Balaban J connectivity index is 2.39. The van der Waals surface area contributed by atoms with Gasteiger partial charge in [-0.3, -0.25) is 5.84 Å². The topological polar surface area (TPSA) is 47.3 Å². The van der Waals surface area contributed by atoms with Crippen LogP contribution in [0.4, 0.5) is 4.39 Å². The van der Waals surface area contributed by atoms with E-state index in [9.17, 15) is 4.39 Å². The largest absolute Gasteiger partial charge is 0.494 e. The fourth-order valence-corrected chi connectivity index (χ4v) is 2.02. The van der Waals surface area contributed by atoms with E-state index in [0.29, 0.717) is 5.02 Å². The Bertz CT molecular complexity index is 560. The molecule has 2 aromatic rings. The van der Waals surface area contributed by atoms with Crippen molar-refractivity contribution in [1.82, 2.24) is 5.43 Å². The van der Waals surface area contributed by atoms with Crippen molar-refractivity contribution >= 4 is 11.6 Å². The summed E-state index contributed by atoms with van der Waals surface area (Å²) in [5, 5.41) is 0.649. The van der Waals surface area contributed by atoms with E-state index in [0.717, 1.165) is 11.1 Å². The van der Waals surface area contributed by atoms with E-state index < -0.39 is 5.82 Å². The molecule has 0 heterocycles. The molecule has 2 rings (SSSR count). The van der Waals surface area contributed by atoms with Crippen LogP contribution in [-0.2, 0) is 0 Å². The number of halogens is 2. The van der Waals surface area contributed by atoms with Gasteiger partial charge >= 0.3 is 0 Å². The summed E-state index contributed by atoms with van der Waals surface area (Å²) in [5.41, 5.74) is 4.44. The van der Waals surface area contributed by atoms with Crippen LogP contribution < -0.4 is 16.0 Å². The quantitative estimate of drug-likeness (QED) is 0.668. The molecule has 0 aliphatic rings. The summed E-state index contributed by atoms with van der Waals surface area (Å²) >= 11 is 5.85. The van der Waals surface area contributed by atoms with Crippen LogP contribution in [0.3, 0.4) is 0 Å². The summed E-state index contributed by atoms with van der Waals surface area (Å²) in [4.78, 5) is 0. The molecular weight excluding hydrogens is 267 g/mol. The minimum atomic E-state index is -0.405. The summed E-state index contributed by atoms with van der Waals surface area (Å²) in [6.07, 6.45) is 0. The van der Waals surface area contributed by atoms with Gasteiger partial charge in [-0.2, -0.15) is 0 Å². The van der Waals surface area contributed by atoms with Crippen molar-refractivity contribution in [1.29, 1.82) is 0 Å². The Labute approximate surface area is 116 Å². The van der Waals surface area contributed by atoms with E-state index in [1.807, 2.05) is 12.1 Å². The number of nitrogens with one attached hydrogen (secondary N) is 1. The van der Waals surface area contributed by atoms with Gasteiger partial charge in [-0.05, 0) is 35.4 Å². The number of methoxy groups -OCH3 is 1. The van der Waals surface area contributed by atoms with Crippen molar-refractivity contribution in [3.63, 3.8) is 0 Å². The van der Waals surface area contributed by atoms with Gasteiger partial charge in [-0.25, -0.2) is 9.82 Å². The van der Waals surface area contributed by atoms with Gasteiger partial charge in [-0.1, -0.05) is 29.8 Å². The Morgan fingerprint density at radius 1 is 1.16 bits per heavy atom. The predicted octanol–water partition coefficient (Wildman–Crippen LogP) is 3.04. The first-order valence-electron chi connectivity index (χ1n) is 5.70. The molecule has 3 N–H and O–H groups in total. The van der Waals surface area contributed by atoms with Crippen LogP contribution in [0.5, 0.6) is 5.75 Å². The normalized spacial score (nSPS) is 12.2. The molecule has 0 saturated carbocycles. The first-order valence-corrected chi connectivity index (χ1v) is 6.08. The number of nitrogens with two attached hydrogens (primary N) is 1.